The van der Waals surface area contributed by atoms with Crippen LogP contribution in [0.1, 0.15) is 25.1 Å². The molecule has 2 rings (SSSR count). The first-order valence-corrected chi connectivity index (χ1v) is 7.94. The third kappa shape index (κ3) is 4.95. The Kier molecular flexibility index (Phi) is 5.47. The van der Waals surface area contributed by atoms with Crippen LogP contribution in [-0.2, 0) is 11.3 Å². The van der Waals surface area contributed by atoms with Gasteiger partial charge in [-0.1, -0.05) is 29.8 Å². The van der Waals surface area contributed by atoms with Gasteiger partial charge in [0.2, 0.25) is 5.91 Å². The zero-order valence-corrected chi connectivity index (χ0v) is 13.5. The van der Waals surface area contributed by atoms with Gasteiger partial charge in [0.15, 0.2) is 0 Å². The molecule has 0 fully saturated rings. The molecule has 0 spiro atoms. The number of thiazole rings is 1. The van der Waals surface area contributed by atoms with Crippen molar-refractivity contribution in [1.29, 1.82) is 0 Å². The van der Waals surface area contributed by atoms with Gasteiger partial charge in [-0.3, -0.25) is 4.79 Å². The van der Waals surface area contributed by atoms with E-state index in [2.05, 4.69) is 46.8 Å². The molecule has 2 N–H and O–H groups in total. The van der Waals surface area contributed by atoms with E-state index in [-0.39, 0.29) is 11.9 Å². The minimum absolute atomic E-state index is 0.0130. The largest absolute Gasteiger partial charge is 0.353 e. The van der Waals surface area contributed by atoms with E-state index in [4.69, 9.17) is 0 Å². The summed E-state index contributed by atoms with van der Waals surface area (Å²) in [5.74, 6) is 0.0130. The van der Waals surface area contributed by atoms with Gasteiger partial charge in [0, 0.05) is 23.5 Å². The van der Waals surface area contributed by atoms with E-state index in [9.17, 15) is 4.79 Å². The second-order valence-corrected chi connectivity index (χ2v) is 6.19. The molecule has 21 heavy (non-hydrogen) atoms. The molecule has 0 radical (unpaired) electrons. The second-order valence-electron chi connectivity index (χ2n) is 5.34. The van der Waals surface area contributed by atoms with Crippen LogP contribution in [0.25, 0.3) is 10.6 Å². The maximum absolute atomic E-state index is 11.5. The predicted molar refractivity (Wildman–Crippen MR) is 87.3 cm³/mol. The predicted octanol–water partition coefficient (Wildman–Crippen LogP) is 2.73. The molecule has 1 amide bonds. The number of carbonyl (C=O) groups excluding carboxylic acids is 1. The Morgan fingerprint density at radius 2 is 2.00 bits per heavy atom. The fourth-order valence-electron chi connectivity index (χ4n) is 1.89. The van der Waals surface area contributed by atoms with E-state index in [0.29, 0.717) is 13.1 Å². The molecular weight excluding hydrogens is 282 g/mol. The summed E-state index contributed by atoms with van der Waals surface area (Å²) in [5.41, 5.74) is 3.34. The summed E-state index contributed by atoms with van der Waals surface area (Å²) in [7, 11) is 0. The molecule has 0 aliphatic carbocycles. The summed E-state index contributed by atoms with van der Waals surface area (Å²) >= 11 is 1.63. The first-order valence-electron chi connectivity index (χ1n) is 7.06. The molecule has 0 atom stereocenters. The molecule has 1 heterocycles. The van der Waals surface area contributed by atoms with Crippen LogP contribution in [0.5, 0.6) is 0 Å². The van der Waals surface area contributed by atoms with Crippen molar-refractivity contribution in [3.8, 4) is 10.6 Å². The fourth-order valence-corrected chi connectivity index (χ4v) is 2.72. The maximum Gasteiger partial charge on any atom is 0.234 e. The Labute approximate surface area is 129 Å². The molecule has 1 aromatic carbocycles. The number of hydrogen-bond donors (Lipinski definition) is 2. The van der Waals surface area contributed by atoms with E-state index < -0.39 is 0 Å². The molecule has 1 aromatic heterocycles. The van der Waals surface area contributed by atoms with Crippen LogP contribution in [0.4, 0.5) is 0 Å². The highest BCUT2D eigenvalue weighted by Gasteiger charge is 2.06. The standard InChI is InChI=1S/C16H21N3OS/c1-11(2)18-15(20)9-17-8-14-10-21-16(19-14)13-6-4-12(3)5-7-13/h4-7,10-11,17H,8-9H2,1-3H3,(H,18,20). The zero-order chi connectivity index (χ0) is 15.2. The average Bonchev–Trinajstić information content (AvgIpc) is 2.87. The van der Waals surface area contributed by atoms with Gasteiger partial charge in [0.1, 0.15) is 5.01 Å². The molecule has 0 bridgehead atoms. The fraction of sp³-hybridized carbons (Fsp3) is 0.375. The highest BCUT2D eigenvalue weighted by atomic mass is 32.1. The summed E-state index contributed by atoms with van der Waals surface area (Å²) in [4.78, 5) is 16.1. The number of nitrogens with one attached hydrogen (secondary N) is 2. The van der Waals surface area contributed by atoms with Crippen LogP contribution in [0, 0.1) is 6.92 Å². The molecule has 2 aromatic rings. The SMILES string of the molecule is Cc1ccc(-c2nc(CNCC(=O)NC(C)C)cs2)cc1. The first-order chi connectivity index (χ1) is 10.0. The normalized spacial score (nSPS) is 10.9. The van der Waals surface area contributed by atoms with E-state index in [0.717, 1.165) is 16.3 Å². The van der Waals surface area contributed by atoms with E-state index in [1.54, 1.807) is 11.3 Å². The van der Waals surface area contributed by atoms with Crippen LogP contribution in [-0.4, -0.2) is 23.5 Å². The lowest BCUT2D eigenvalue weighted by atomic mass is 10.2. The Balaban J connectivity index is 1.86. The number of aromatic nitrogens is 1. The lowest BCUT2D eigenvalue weighted by Gasteiger charge is -2.08. The first kappa shape index (κ1) is 15.7. The van der Waals surface area contributed by atoms with Crippen molar-refractivity contribution < 1.29 is 4.79 Å². The van der Waals surface area contributed by atoms with Crippen molar-refractivity contribution in [2.75, 3.05) is 6.54 Å². The van der Waals surface area contributed by atoms with Crippen LogP contribution in [0.3, 0.4) is 0 Å². The topological polar surface area (TPSA) is 54.0 Å². The molecule has 0 unspecified atom stereocenters. The number of hydrogen-bond acceptors (Lipinski definition) is 4. The van der Waals surface area contributed by atoms with E-state index in [1.807, 2.05) is 19.2 Å². The van der Waals surface area contributed by atoms with Gasteiger partial charge < -0.3 is 10.6 Å². The van der Waals surface area contributed by atoms with Crippen molar-refractivity contribution in [3.63, 3.8) is 0 Å². The van der Waals surface area contributed by atoms with E-state index in [1.165, 1.54) is 5.56 Å². The van der Waals surface area contributed by atoms with Crippen LogP contribution < -0.4 is 10.6 Å². The molecule has 5 heteroatoms. The summed E-state index contributed by atoms with van der Waals surface area (Å²) in [5, 5.41) is 9.00. The summed E-state index contributed by atoms with van der Waals surface area (Å²) < 4.78 is 0. The smallest absolute Gasteiger partial charge is 0.234 e. The van der Waals surface area contributed by atoms with Gasteiger partial charge in [0.05, 0.1) is 12.2 Å². The third-order valence-corrected chi connectivity index (χ3v) is 3.83. The number of benzene rings is 1. The van der Waals surface area contributed by atoms with Crippen molar-refractivity contribution in [1.82, 2.24) is 15.6 Å². The Hall–Kier alpha value is -1.72. The van der Waals surface area contributed by atoms with Gasteiger partial charge in [-0.15, -0.1) is 11.3 Å². The number of carbonyl (C=O) groups is 1. The summed E-state index contributed by atoms with van der Waals surface area (Å²) in [6, 6.07) is 8.52. The third-order valence-electron chi connectivity index (χ3n) is 2.89. The molecule has 0 aliphatic heterocycles. The highest BCUT2D eigenvalue weighted by molar-refractivity contribution is 7.13. The van der Waals surface area contributed by atoms with Crippen LogP contribution in [0.15, 0.2) is 29.6 Å². The minimum atomic E-state index is 0.0130. The maximum atomic E-state index is 11.5. The Bertz CT molecular complexity index is 590. The zero-order valence-electron chi connectivity index (χ0n) is 12.6. The van der Waals surface area contributed by atoms with Gasteiger partial charge in [0.25, 0.3) is 0 Å². The molecule has 0 saturated heterocycles. The molecule has 0 aliphatic rings. The average molecular weight is 303 g/mol. The summed E-state index contributed by atoms with van der Waals surface area (Å²) in [6.45, 7) is 6.89. The summed E-state index contributed by atoms with van der Waals surface area (Å²) in [6.07, 6.45) is 0. The van der Waals surface area contributed by atoms with Gasteiger partial charge >= 0.3 is 0 Å². The molecule has 112 valence electrons. The van der Waals surface area contributed by atoms with Crippen molar-refractivity contribution in [3.05, 3.63) is 40.9 Å². The molecule has 4 nitrogen and oxygen atoms in total. The van der Waals surface area contributed by atoms with Crippen LogP contribution in [0.2, 0.25) is 0 Å². The number of rotatable bonds is 6. The second kappa shape index (κ2) is 7.33. The number of nitrogens with zero attached hydrogens (tertiary/aromatic N) is 1. The van der Waals surface area contributed by atoms with Crippen molar-refractivity contribution in [2.24, 2.45) is 0 Å². The molecular formula is C16H21N3OS. The lowest BCUT2D eigenvalue weighted by molar-refractivity contribution is -0.120. The van der Waals surface area contributed by atoms with E-state index >= 15 is 0 Å². The van der Waals surface area contributed by atoms with Crippen molar-refractivity contribution >= 4 is 17.2 Å². The quantitative estimate of drug-likeness (QED) is 0.863. The van der Waals surface area contributed by atoms with Crippen LogP contribution >= 0.6 is 11.3 Å². The highest BCUT2D eigenvalue weighted by Crippen LogP contribution is 2.23. The lowest BCUT2D eigenvalue weighted by Crippen LogP contribution is -2.37. The monoisotopic (exact) mass is 303 g/mol. The van der Waals surface area contributed by atoms with Gasteiger partial charge in [-0.2, -0.15) is 0 Å². The Morgan fingerprint density at radius 3 is 2.67 bits per heavy atom. The van der Waals surface area contributed by atoms with Gasteiger partial charge in [-0.25, -0.2) is 4.98 Å². The number of amides is 1. The Morgan fingerprint density at radius 1 is 1.29 bits per heavy atom. The van der Waals surface area contributed by atoms with Crippen molar-refractivity contribution in [2.45, 2.75) is 33.4 Å². The minimum Gasteiger partial charge on any atom is -0.353 e. The number of aryl methyl sites for hydroxylation is 1. The van der Waals surface area contributed by atoms with Gasteiger partial charge in [-0.05, 0) is 20.8 Å². The molecule has 0 saturated carbocycles.